The van der Waals surface area contributed by atoms with Gasteiger partial charge in [-0.1, -0.05) is 6.07 Å². The van der Waals surface area contributed by atoms with Gasteiger partial charge < -0.3 is 10.8 Å². The first-order valence-electron chi connectivity index (χ1n) is 3.93. The van der Waals surface area contributed by atoms with E-state index >= 15 is 0 Å². The summed E-state index contributed by atoms with van der Waals surface area (Å²) in [5, 5.41) is 8.46. The minimum absolute atomic E-state index is 0.289. The van der Waals surface area contributed by atoms with E-state index in [0.29, 0.717) is 0 Å². The van der Waals surface area contributed by atoms with Crippen molar-refractivity contribution < 1.29 is 18.7 Å². The number of rotatable bonds is 3. The Morgan fingerprint density at radius 2 is 1.93 bits per heavy atom. The zero-order chi connectivity index (χ0) is 10.7. The monoisotopic (exact) mass is 201 g/mol. The molecule has 76 valence electrons. The predicted octanol–water partition coefficient (Wildman–Crippen LogP) is 0.919. The summed E-state index contributed by atoms with van der Waals surface area (Å²) in [7, 11) is 0. The fourth-order valence-electron chi connectivity index (χ4n) is 1.03. The van der Waals surface area contributed by atoms with E-state index < -0.39 is 23.6 Å². The summed E-state index contributed by atoms with van der Waals surface area (Å²) >= 11 is 0. The fraction of sp³-hybridized carbons (Fsp3) is 0.222. The Bertz CT molecular complexity index is 334. The predicted molar refractivity (Wildman–Crippen MR) is 45.7 cm³/mol. The molecule has 0 aromatic heterocycles. The van der Waals surface area contributed by atoms with Crippen LogP contribution in [0.3, 0.4) is 0 Å². The molecule has 1 atom stereocenters. The van der Waals surface area contributed by atoms with Crippen molar-refractivity contribution in [1.82, 2.24) is 0 Å². The van der Waals surface area contributed by atoms with Crippen molar-refractivity contribution in [2.24, 2.45) is 5.73 Å². The molecule has 0 aliphatic rings. The largest absolute Gasteiger partial charge is 0.480 e. The first-order valence-corrected chi connectivity index (χ1v) is 3.93. The van der Waals surface area contributed by atoms with Gasteiger partial charge in [-0.05, 0) is 12.1 Å². The van der Waals surface area contributed by atoms with Crippen molar-refractivity contribution in [3.63, 3.8) is 0 Å². The van der Waals surface area contributed by atoms with Gasteiger partial charge in [0.1, 0.15) is 17.7 Å². The number of hydrogen-bond acceptors (Lipinski definition) is 2. The molecule has 0 aliphatic carbocycles. The SMILES string of the molecule is NC(Cc1c(F)cccc1F)C(=O)O. The smallest absolute Gasteiger partial charge is 0.320 e. The molecule has 1 rings (SSSR count). The second-order valence-electron chi connectivity index (χ2n) is 2.85. The Labute approximate surface area is 79.2 Å². The van der Waals surface area contributed by atoms with E-state index in [2.05, 4.69) is 0 Å². The van der Waals surface area contributed by atoms with Gasteiger partial charge in [-0.2, -0.15) is 0 Å². The number of benzene rings is 1. The molecular formula is C9H9F2NO2. The van der Waals surface area contributed by atoms with Crippen LogP contribution in [0.5, 0.6) is 0 Å². The van der Waals surface area contributed by atoms with Gasteiger partial charge in [-0.15, -0.1) is 0 Å². The van der Waals surface area contributed by atoms with Crippen molar-refractivity contribution in [3.8, 4) is 0 Å². The van der Waals surface area contributed by atoms with Gasteiger partial charge in [0, 0.05) is 12.0 Å². The van der Waals surface area contributed by atoms with E-state index in [4.69, 9.17) is 10.8 Å². The summed E-state index contributed by atoms with van der Waals surface area (Å²) in [6.45, 7) is 0. The van der Waals surface area contributed by atoms with E-state index in [-0.39, 0.29) is 12.0 Å². The zero-order valence-corrected chi connectivity index (χ0v) is 7.21. The Kier molecular flexibility index (Phi) is 3.14. The zero-order valence-electron chi connectivity index (χ0n) is 7.21. The van der Waals surface area contributed by atoms with Gasteiger partial charge in [0.2, 0.25) is 0 Å². The van der Waals surface area contributed by atoms with Crippen molar-refractivity contribution in [2.45, 2.75) is 12.5 Å². The molecule has 3 nitrogen and oxygen atoms in total. The maximum absolute atomic E-state index is 13.0. The minimum Gasteiger partial charge on any atom is -0.480 e. The molecule has 0 radical (unpaired) electrons. The summed E-state index contributed by atoms with van der Waals surface area (Å²) in [5.41, 5.74) is 4.86. The van der Waals surface area contributed by atoms with Crippen LogP contribution in [0.25, 0.3) is 0 Å². The summed E-state index contributed by atoms with van der Waals surface area (Å²) in [6, 6.07) is 2.04. The molecule has 0 saturated heterocycles. The summed E-state index contributed by atoms with van der Waals surface area (Å²) in [5.74, 6) is -2.84. The summed E-state index contributed by atoms with van der Waals surface area (Å²) in [6.07, 6.45) is -0.353. The van der Waals surface area contributed by atoms with Crippen molar-refractivity contribution in [1.29, 1.82) is 0 Å². The normalized spacial score (nSPS) is 12.5. The van der Waals surface area contributed by atoms with Crippen LogP contribution in [0, 0.1) is 11.6 Å². The molecule has 5 heteroatoms. The lowest BCUT2D eigenvalue weighted by atomic mass is 10.1. The third-order valence-electron chi connectivity index (χ3n) is 1.80. The molecule has 14 heavy (non-hydrogen) atoms. The van der Waals surface area contributed by atoms with Crippen LogP contribution in [0.1, 0.15) is 5.56 Å². The van der Waals surface area contributed by atoms with Crippen LogP contribution in [0.15, 0.2) is 18.2 Å². The molecule has 0 bridgehead atoms. The molecular weight excluding hydrogens is 192 g/mol. The van der Waals surface area contributed by atoms with Crippen LogP contribution in [-0.2, 0) is 11.2 Å². The van der Waals surface area contributed by atoms with Crippen LogP contribution in [0.4, 0.5) is 8.78 Å². The molecule has 1 aromatic rings. The topological polar surface area (TPSA) is 63.3 Å². The highest BCUT2D eigenvalue weighted by Gasteiger charge is 2.17. The van der Waals surface area contributed by atoms with Crippen LogP contribution in [-0.4, -0.2) is 17.1 Å². The molecule has 0 saturated carbocycles. The highest BCUT2D eigenvalue weighted by atomic mass is 19.1. The summed E-state index contributed by atoms with van der Waals surface area (Å²) in [4.78, 5) is 10.4. The lowest BCUT2D eigenvalue weighted by molar-refractivity contribution is -0.138. The first-order chi connectivity index (χ1) is 6.52. The standard InChI is InChI=1S/C9H9F2NO2/c10-6-2-1-3-7(11)5(6)4-8(12)9(13)14/h1-3,8H,4,12H2,(H,13,14). The maximum Gasteiger partial charge on any atom is 0.320 e. The second-order valence-corrected chi connectivity index (χ2v) is 2.85. The number of halogens is 2. The van der Waals surface area contributed by atoms with Gasteiger partial charge >= 0.3 is 5.97 Å². The second kappa shape index (κ2) is 4.15. The quantitative estimate of drug-likeness (QED) is 0.764. The van der Waals surface area contributed by atoms with Gasteiger partial charge in [-0.3, -0.25) is 4.79 Å². The first kappa shape index (κ1) is 10.6. The minimum atomic E-state index is -1.29. The third kappa shape index (κ3) is 2.26. The van der Waals surface area contributed by atoms with Gasteiger partial charge in [-0.25, -0.2) is 8.78 Å². The molecule has 1 aromatic carbocycles. The Balaban J connectivity index is 2.91. The number of carboxylic acid groups (broad SMARTS) is 1. The van der Waals surface area contributed by atoms with Crippen LogP contribution >= 0.6 is 0 Å². The number of hydrogen-bond donors (Lipinski definition) is 2. The number of nitrogens with two attached hydrogens (primary N) is 1. The van der Waals surface area contributed by atoms with Crippen LogP contribution < -0.4 is 5.73 Å². The molecule has 1 unspecified atom stereocenters. The average Bonchev–Trinajstić information content (AvgIpc) is 2.11. The number of carboxylic acids is 1. The van der Waals surface area contributed by atoms with E-state index in [9.17, 15) is 13.6 Å². The van der Waals surface area contributed by atoms with Gasteiger partial charge in [0.25, 0.3) is 0 Å². The molecule has 0 fully saturated rings. The highest BCUT2D eigenvalue weighted by Crippen LogP contribution is 2.13. The lowest BCUT2D eigenvalue weighted by Crippen LogP contribution is -2.32. The Morgan fingerprint density at radius 3 is 2.36 bits per heavy atom. The van der Waals surface area contributed by atoms with Gasteiger partial charge in [0.05, 0.1) is 0 Å². The molecule has 0 amide bonds. The van der Waals surface area contributed by atoms with E-state index in [1.807, 2.05) is 0 Å². The Hall–Kier alpha value is -1.49. The number of aliphatic carboxylic acids is 1. The molecule has 0 heterocycles. The molecule has 0 aliphatic heterocycles. The number of carbonyl (C=O) groups is 1. The van der Waals surface area contributed by atoms with Crippen molar-refractivity contribution in [2.75, 3.05) is 0 Å². The van der Waals surface area contributed by atoms with Crippen molar-refractivity contribution in [3.05, 3.63) is 35.4 Å². The van der Waals surface area contributed by atoms with Gasteiger partial charge in [0.15, 0.2) is 0 Å². The maximum atomic E-state index is 13.0. The average molecular weight is 201 g/mol. The van der Waals surface area contributed by atoms with E-state index in [1.54, 1.807) is 0 Å². The Morgan fingerprint density at radius 1 is 1.43 bits per heavy atom. The molecule has 0 spiro atoms. The molecule has 3 N–H and O–H groups in total. The van der Waals surface area contributed by atoms with Crippen LogP contribution in [0.2, 0.25) is 0 Å². The lowest BCUT2D eigenvalue weighted by Gasteiger charge is -2.07. The summed E-state index contributed by atoms with van der Waals surface area (Å²) < 4.78 is 26.0. The fourth-order valence-corrected chi connectivity index (χ4v) is 1.03. The highest BCUT2D eigenvalue weighted by molar-refractivity contribution is 5.73. The third-order valence-corrected chi connectivity index (χ3v) is 1.80. The van der Waals surface area contributed by atoms with E-state index in [0.717, 1.165) is 12.1 Å². The van der Waals surface area contributed by atoms with Crippen molar-refractivity contribution >= 4 is 5.97 Å². The van der Waals surface area contributed by atoms with E-state index in [1.165, 1.54) is 6.07 Å².